The molecule has 0 aromatic rings. The molecule has 0 spiro atoms. The normalized spacial score (nSPS) is 41.8. The van der Waals surface area contributed by atoms with Gasteiger partial charge >= 0.3 is 17.9 Å². The van der Waals surface area contributed by atoms with E-state index in [-0.39, 0.29) is 16.7 Å². The Labute approximate surface area is 361 Å². The molecule has 0 amide bonds. The van der Waals surface area contributed by atoms with Crippen molar-refractivity contribution in [3.05, 3.63) is 34.9 Å². The topological polar surface area (TPSA) is 366 Å². The average Bonchev–Trinajstić information content (AvgIpc) is 3.28. The van der Waals surface area contributed by atoms with Crippen LogP contribution >= 0.6 is 0 Å². The first-order valence-corrected chi connectivity index (χ1v) is 20.1. The molecule has 20 atom stereocenters. The van der Waals surface area contributed by atoms with E-state index >= 15 is 0 Å². The maximum atomic E-state index is 12.5. The fourth-order valence-electron chi connectivity index (χ4n) is 6.55. The summed E-state index contributed by atoms with van der Waals surface area (Å²) in [7, 11) is 0. The number of aliphatic hydroxyl groups excluding tert-OH is 11. The zero-order valence-electron chi connectivity index (χ0n) is 35.3. The van der Waals surface area contributed by atoms with E-state index < -0.39 is 167 Å². The summed E-state index contributed by atoms with van der Waals surface area (Å²) in [6, 6.07) is 0. The third kappa shape index (κ3) is 12.4. The molecule has 0 unspecified atom stereocenters. The first-order chi connectivity index (χ1) is 29.7. The molecule has 0 radical (unpaired) electrons. The fraction of sp³-hybridized carbons (Fsp3) is 0.769. The summed E-state index contributed by atoms with van der Waals surface area (Å²) in [5.41, 5.74) is 0.551. The molecular weight excluding hydrogens is 852 g/mol. The van der Waals surface area contributed by atoms with Crippen LogP contribution < -0.4 is 0 Å². The standard InChI is InChI=1S/C39H60O24/c1-7-14(4)33(51)54-11-18-22(42)25(45)29(49)36(58-18)61-31-27(47)21(41)17(10-40)57-38(31)63-39-32(28(48)24(44)20(60-39)13-56-35(53)16(6)9-3)62-37-30(50)26(46)23(43)19(59-37)12-55-34(52)15(5)8-2/h7-9,17-32,36-50H,10-13H2,1-6H3/b14-7+,15-8+,16-9+/t17-,18-,19-,20-,21-,22-,23-,24-,25+,26+,27+,28+,29-,30-,31-,32-,36+,37+,38-,39-/m1/s1. The minimum absolute atomic E-state index is 0.163. The third-order valence-corrected chi connectivity index (χ3v) is 11.1. The zero-order chi connectivity index (χ0) is 47.0. The van der Waals surface area contributed by atoms with Crippen molar-refractivity contribution in [2.24, 2.45) is 0 Å². The van der Waals surface area contributed by atoms with Crippen molar-refractivity contribution < 1.29 is 118 Å². The van der Waals surface area contributed by atoms with E-state index in [2.05, 4.69) is 0 Å². The summed E-state index contributed by atoms with van der Waals surface area (Å²) in [5, 5.41) is 119. The quantitative estimate of drug-likeness (QED) is 0.0392. The third-order valence-electron chi connectivity index (χ3n) is 11.1. The molecule has 0 aliphatic carbocycles. The number of rotatable bonds is 16. The summed E-state index contributed by atoms with van der Waals surface area (Å²) in [6.45, 7) is 6.03. The highest BCUT2D eigenvalue weighted by Gasteiger charge is 2.56. The van der Waals surface area contributed by atoms with Crippen LogP contribution in [-0.4, -0.2) is 223 Å². The maximum absolute atomic E-state index is 12.5. The molecule has 4 aliphatic rings. The van der Waals surface area contributed by atoms with Crippen LogP contribution in [0.4, 0.5) is 0 Å². The summed E-state index contributed by atoms with van der Waals surface area (Å²) in [4.78, 5) is 37.1. The van der Waals surface area contributed by atoms with E-state index in [1.807, 2.05) is 0 Å². The fourth-order valence-corrected chi connectivity index (χ4v) is 6.55. The monoisotopic (exact) mass is 912 g/mol. The predicted octanol–water partition coefficient (Wildman–Crippen LogP) is -5.20. The van der Waals surface area contributed by atoms with Crippen molar-refractivity contribution in [2.75, 3.05) is 26.4 Å². The molecule has 0 aromatic heterocycles. The Morgan fingerprint density at radius 2 is 0.698 bits per heavy atom. The molecule has 0 bridgehead atoms. The Balaban J connectivity index is 1.66. The lowest BCUT2D eigenvalue weighted by molar-refractivity contribution is -0.414. The van der Waals surface area contributed by atoms with Gasteiger partial charge in [0.05, 0.1) is 6.61 Å². The van der Waals surface area contributed by atoms with E-state index in [0.717, 1.165) is 0 Å². The van der Waals surface area contributed by atoms with Crippen molar-refractivity contribution in [3.8, 4) is 0 Å². The van der Waals surface area contributed by atoms with Crippen LogP contribution in [0.3, 0.4) is 0 Å². The Kier molecular flexibility index (Phi) is 19.5. The number of ether oxygens (including phenoxy) is 10. The highest BCUT2D eigenvalue weighted by atomic mass is 16.8. The Bertz CT molecular complexity index is 1620. The number of allylic oxidation sites excluding steroid dienone is 3. The van der Waals surface area contributed by atoms with Crippen LogP contribution in [0, 0.1) is 0 Å². The van der Waals surface area contributed by atoms with Crippen LogP contribution in [0.25, 0.3) is 0 Å². The Morgan fingerprint density at radius 1 is 0.413 bits per heavy atom. The van der Waals surface area contributed by atoms with Gasteiger partial charge in [0.15, 0.2) is 25.2 Å². The van der Waals surface area contributed by atoms with E-state index in [1.54, 1.807) is 20.8 Å². The highest BCUT2D eigenvalue weighted by molar-refractivity contribution is 5.88. The second kappa shape index (κ2) is 23.4. The first kappa shape index (κ1) is 52.5. The van der Waals surface area contributed by atoms with E-state index in [1.165, 1.54) is 39.0 Å². The maximum Gasteiger partial charge on any atom is 0.333 e. The minimum atomic E-state index is -2.12. The van der Waals surface area contributed by atoms with Gasteiger partial charge in [-0.15, -0.1) is 0 Å². The van der Waals surface area contributed by atoms with E-state index in [9.17, 15) is 70.6 Å². The van der Waals surface area contributed by atoms with E-state index in [0.29, 0.717) is 0 Å². The highest BCUT2D eigenvalue weighted by Crippen LogP contribution is 2.35. The average molecular weight is 913 g/mol. The lowest BCUT2D eigenvalue weighted by Gasteiger charge is -2.49. The summed E-state index contributed by atoms with van der Waals surface area (Å²) in [5.74, 6) is -2.44. The molecule has 360 valence electrons. The van der Waals surface area contributed by atoms with Crippen LogP contribution in [-0.2, 0) is 61.8 Å². The van der Waals surface area contributed by atoms with Gasteiger partial charge in [-0.3, -0.25) is 0 Å². The number of carbonyl (C=O) groups excluding carboxylic acids is 3. The molecule has 0 aromatic carbocycles. The molecule has 4 heterocycles. The lowest BCUT2D eigenvalue weighted by atomic mass is 9.96. The van der Waals surface area contributed by atoms with Crippen molar-refractivity contribution >= 4 is 17.9 Å². The number of aliphatic hydroxyl groups is 11. The Hall–Kier alpha value is -3.09. The summed E-state index contributed by atoms with van der Waals surface area (Å²) < 4.78 is 56.1. The summed E-state index contributed by atoms with van der Waals surface area (Å²) in [6.07, 6.45) is -34.2. The van der Waals surface area contributed by atoms with Gasteiger partial charge in [0, 0.05) is 16.7 Å². The largest absolute Gasteiger partial charge is 0.459 e. The van der Waals surface area contributed by atoms with Gasteiger partial charge in [-0.05, 0) is 41.5 Å². The molecule has 4 saturated heterocycles. The predicted molar refractivity (Wildman–Crippen MR) is 204 cm³/mol. The van der Waals surface area contributed by atoms with Gasteiger partial charge < -0.3 is 104 Å². The second-order valence-electron chi connectivity index (χ2n) is 15.3. The zero-order valence-corrected chi connectivity index (χ0v) is 35.3. The van der Waals surface area contributed by atoms with Crippen molar-refractivity contribution in [2.45, 2.75) is 164 Å². The SMILES string of the molecule is C/C=C(\C)C(=O)OC[C@H]1O[C@@H](O[C@H]2[C@@H](O[C@H]3O[C@H](COC(=O)/C(C)=C/C)[C@@H](O)[C@H](O)[C@H]3O[C@@H]3O[C@H](COC(=O)/C(C)=C/C)[C@@H](O)[C@H](O)[C@H]3O)O[C@H](CO)[C@@H](O)[C@@H]2O)[C@H](O)[C@@H](O)[C@@H]1O. The number of carbonyl (C=O) groups is 3. The van der Waals surface area contributed by atoms with Gasteiger partial charge in [0.1, 0.15) is 117 Å². The van der Waals surface area contributed by atoms with Gasteiger partial charge in [-0.1, -0.05) is 18.2 Å². The molecule has 24 heteroatoms. The Morgan fingerprint density at radius 3 is 1.02 bits per heavy atom. The van der Waals surface area contributed by atoms with Crippen molar-refractivity contribution in [1.29, 1.82) is 0 Å². The molecule has 4 rings (SSSR count). The number of hydrogen-bond acceptors (Lipinski definition) is 24. The second-order valence-corrected chi connectivity index (χ2v) is 15.3. The molecular formula is C39H60O24. The lowest BCUT2D eigenvalue weighted by Crippen LogP contribution is -2.67. The van der Waals surface area contributed by atoms with Gasteiger partial charge in [0.2, 0.25) is 0 Å². The molecule has 63 heavy (non-hydrogen) atoms. The smallest absolute Gasteiger partial charge is 0.333 e. The molecule has 4 aliphatic heterocycles. The van der Waals surface area contributed by atoms with Crippen LogP contribution in [0.15, 0.2) is 34.9 Å². The van der Waals surface area contributed by atoms with E-state index in [4.69, 9.17) is 47.4 Å². The van der Waals surface area contributed by atoms with Gasteiger partial charge in [-0.2, -0.15) is 0 Å². The minimum Gasteiger partial charge on any atom is -0.459 e. The molecule has 11 N–H and O–H groups in total. The molecule has 4 fully saturated rings. The van der Waals surface area contributed by atoms with Gasteiger partial charge in [-0.25, -0.2) is 14.4 Å². The summed E-state index contributed by atoms with van der Waals surface area (Å²) >= 11 is 0. The van der Waals surface area contributed by atoms with Crippen molar-refractivity contribution in [1.82, 2.24) is 0 Å². The molecule has 24 nitrogen and oxygen atoms in total. The first-order valence-electron chi connectivity index (χ1n) is 20.1. The van der Waals surface area contributed by atoms with Crippen molar-refractivity contribution in [3.63, 3.8) is 0 Å². The molecule has 0 saturated carbocycles. The van der Waals surface area contributed by atoms with Crippen LogP contribution in [0.2, 0.25) is 0 Å². The van der Waals surface area contributed by atoms with Crippen LogP contribution in [0.5, 0.6) is 0 Å². The number of esters is 3. The number of hydrogen-bond donors (Lipinski definition) is 11. The van der Waals surface area contributed by atoms with Gasteiger partial charge in [0.25, 0.3) is 0 Å². The van der Waals surface area contributed by atoms with Crippen LogP contribution in [0.1, 0.15) is 41.5 Å².